The van der Waals surface area contributed by atoms with Crippen molar-refractivity contribution in [1.29, 1.82) is 5.26 Å². The molecule has 1 atom stereocenters. The zero-order chi connectivity index (χ0) is 34.3. The van der Waals surface area contributed by atoms with Gasteiger partial charge in [0.05, 0.1) is 11.0 Å². The van der Waals surface area contributed by atoms with Crippen LogP contribution in [0.3, 0.4) is 0 Å². The number of hydrogen-bond donors (Lipinski definition) is 2. The molecule has 0 radical (unpaired) electrons. The Morgan fingerprint density at radius 1 is 1.04 bits per heavy atom. The van der Waals surface area contributed by atoms with E-state index < -0.39 is 11.4 Å². The van der Waals surface area contributed by atoms with Crippen LogP contribution in [0.5, 0.6) is 0 Å². The number of carboxylic acids is 1. The molecule has 0 amide bonds. The number of aliphatic carboxylic acids is 1. The molecule has 0 spiro atoms. The average molecular weight is 651 g/mol. The van der Waals surface area contributed by atoms with E-state index in [-0.39, 0.29) is 0 Å². The van der Waals surface area contributed by atoms with E-state index in [1.54, 1.807) is 6.92 Å². The number of pyridine rings is 2. The van der Waals surface area contributed by atoms with E-state index in [0.29, 0.717) is 54.4 Å². The third-order valence-corrected chi connectivity index (χ3v) is 9.78. The van der Waals surface area contributed by atoms with Gasteiger partial charge in [-0.2, -0.15) is 5.26 Å². The van der Waals surface area contributed by atoms with Gasteiger partial charge in [0.15, 0.2) is 11.4 Å². The number of nitriles is 1. The second kappa shape index (κ2) is 12.8. The van der Waals surface area contributed by atoms with Gasteiger partial charge in [-0.05, 0) is 110 Å². The van der Waals surface area contributed by atoms with Gasteiger partial charge in [-0.25, -0.2) is 9.97 Å². The number of nitrogens with one attached hydrogen (secondary N) is 1. The minimum Gasteiger partial charge on any atom is -0.481 e. The molecule has 2 N–H and O–H groups in total. The molecule has 0 aliphatic carbocycles. The first-order valence-corrected chi connectivity index (χ1v) is 16.7. The lowest BCUT2D eigenvalue weighted by Crippen LogP contribution is -2.31. The maximum atomic E-state index is 11.8. The predicted molar refractivity (Wildman–Crippen MR) is 192 cm³/mol. The number of carboxylic acid groups (broad SMARTS) is 1. The number of anilines is 2. The third kappa shape index (κ3) is 6.00. The summed E-state index contributed by atoms with van der Waals surface area (Å²) < 4.78 is 6.28. The highest BCUT2D eigenvalue weighted by Crippen LogP contribution is 2.38. The van der Waals surface area contributed by atoms with Gasteiger partial charge in [-0.15, -0.1) is 0 Å². The molecule has 9 heteroatoms. The number of aromatic nitrogens is 3. The van der Waals surface area contributed by atoms with Gasteiger partial charge in [0.2, 0.25) is 5.89 Å². The zero-order valence-electron chi connectivity index (χ0n) is 28.2. The lowest BCUT2D eigenvalue weighted by Gasteiger charge is -2.20. The van der Waals surface area contributed by atoms with Crippen molar-refractivity contribution in [3.63, 3.8) is 0 Å². The van der Waals surface area contributed by atoms with Gasteiger partial charge in [0.1, 0.15) is 17.1 Å². The quantitative estimate of drug-likeness (QED) is 0.158. The van der Waals surface area contributed by atoms with Gasteiger partial charge < -0.3 is 14.8 Å². The number of hydrogen-bond acceptors (Lipinski definition) is 8. The molecule has 0 bridgehead atoms. The molecule has 0 unspecified atom stereocenters. The SMILES string of the molecule is CCCc1cnc2c(Nc3cccc(-c4cccc(-c5nc6cc(CN7CC[C@@](C)(C(=O)O)C7)cc(C#N)c6o5)c4C)c3C)nccc2c1. The number of likely N-dealkylation sites (tertiary alicyclic amines) is 1. The molecule has 49 heavy (non-hydrogen) atoms. The summed E-state index contributed by atoms with van der Waals surface area (Å²) in [5, 5.41) is 24.3. The van der Waals surface area contributed by atoms with E-state index in [9.17, 15) is 15.2 Å². The van der Waals surface area contributed by atoms with Crippen LogP contribution in [0.15, 0.2) is 77.5 Å². The monoisotopic (exact) mass is 650 g/mol. The van der Waals surface area contributed by atoms with Gasteiger partial charge in [-0.1, -0.05) is 37.6 Å². The summed E-state index contributed by atoms with van der Waals surface area (Å²) in [5.41, 5.74) is 9.63. The normalized spacial score (nSPS) is 16.3. The number of aryl methyl sites for hydroxylation is 1. The number of carbonyl (C=O) groups is 1. The van der Waals surface area contributed by atoms with Crippen LogP contribution in [0.25, 0.3) is 44.6 Å². The highest BCUT2D eigenvalue weighted by molar-refractivity contribution is 5.91. The third-order valence-electron chi connectivity index (χ3n) is 9.78. The van der Waals surface area contributed by atoms with Crippen LogP contribution >= 0.6 is 0 Å². The Bertz CT molecular complexity index is 2290. The lowest BCUT2D eigenvalue weighted by molar-refractivity contribution is -0.147. The fraction of sp³-hybridized carbons (Fsp3) is 0.275. The Labute approximate surface area is 285 Å². The highest BCUT2D eigenvalue weighted by atomic mass is 16.4. The molecular weight excluding hydrogens is 612 g/mol. The Hall–Kier alpha value is -5.59. The van der Waals surface area contributed by atoms with Crippen LogP contribution in [0.2, 0.25) is 0 Å². The number of nitrogens with zero attached hydrogens (tertiary/aromatic N) is 5. The first-order valence-electron chi connectivity index (χ1n) is 16.7. The molecule has 4 heterocycles. The molecule has 1 aliphatic heterocycles. The van der Waals surface area contributed by atoms with Gasteiger partial charge >= 0.3 is 5.97 Å². The Kier molecular flexibility index (Phi) is 8.35. The number of fused-ring (bicyclic) bond motifs is 2. The number of benzene rings is 3. The molecule has 3 aromatic carbocycles. The summed E-state index contributed by atoms with van der Waals surface area (Å²) in [6.07, 6.45) is 6.41. The first kappa shape index (κ1) is 32.0. The fourth-order valence-electron chi connectivity index (χ4n) is 6.98. The van der Waals surface area contributed by atoms with Crippen LogP contribution in [-0.2, 0) is 17.8 Å². The summed E-state index contributed by atoms with van der Waals surface area (Å²) in [6, 6.07) is 22.5. The van der Waals surface area contributed by atoms with Crippen molar-refractivity contribution in [3.05, 3.63) is 101 Å². The van der Waals surface area contributed by atoms with E-state index in [2.05, 4.69) is 66.3 Å². The zero-order valence-corrected chi connectivity index (χ0v) is 28.2. The van der Waals surface area contributed by atoms with Crippen molar-refractivity contribution < 1.29 is 14.3 Å². The number of rotatable bonds is 9. The molecular formula is C40H38N6O3. The maximum absolute atomic E-state index is 11.8. The van der Waals surface area contributed by atoms with E-state index in [4.69, 9.17) is 14.4 Å². The van der Waals surface area contributed by atoms with Crippen molar-refractivity contribution in [1.82, 2.24) is 19.9 Å². The molecule has 0 saturated carbocycles. The Morgan fingerprint density at radius 3 is 2.57 bits per heavy atom. The smallest absolute Gasteiger partial charge is 0.310 e. The summed E-state index contributed by atoms with van der Waals surface area (Å²) in [4.78, 5) is 28.1. The fourth-order valence-corrected chi connectivity index (χ4v) is 6.98. The van der Waals surface area contributed by atoms with Crippen molar-refractivity contribution in [3.8, 4) is 28.7 Å². The van der Waals surface area contributed by atoms with Gasteiger partial charge in [-0.3, -0.25) is 14.7 Å². The Balaban J connectivity index is 1.20. The Morgan fingerprint density at radius 2 is 1.82 bits per heavy atom. The molecule has 1 saturated heterocycles. The predicted octanol–water partition coefficient (Wildman–Crippen LogP) is 8.59. The van der Waals surface area contributed by atoms with Crippen LogP contribution in [0.4, 0.5) is 11.5 Å². The van der Waals surface area contributed by atoms with Crippen molar-refractivity contribution in [2.45, 2.75) is 53.5 Å². The van der Waals surface area contributed by atoms with Gasteiger partial charge in [0.25, 0.3) is 0 Å². The molecule has 1 aliphatic rings. The van der Waals surface area contributed by atoms with Crippen LogP contribution in [0, 0.1) is 30.6 Å². The second-order valence-corrected chi connectivity index (χ2v) is 13.4. The standard InChI is InChI=1S/C40H38N6O3/c1-5-8-26-17-28-13-15-42-37(35(28)43-21-26)44-33-12-7-10-31(25(33)3)30-9-6-11-32(24(30)2)38-45-34-19-27(18-29(20-41)36(34)49-38)22-46-16-14-40(4,23-46)39(47)48/h6-7,9-13,15,17-19,21H,5,8,14,16,22-23H2,1-4H3,(H,42,44)(H,47,48)/t40-/m1/s1. The van der Waals surface area contributed by atoms with Crippen molar-refractivity contribution >= 4 is 39.5 Å². The highest BCUT2D eigenvalue weighted by Gasteiger charge is 2.40. The first-order chi connectivity index (χ1) is 23.7. The van der Waals surface area contributed by atoms with Crippen LogP contribution in [-0.4, -0.2) is 44.0 Å². The van der Waals surface area contributed by atoms with Crippen molar-refractivity contribution in [2.75, 3.05) is 18.4 Å². The van der Waals surface area contributed by atoms with E-state index >= 15 is 0 Å². The van der Waals surface area contributed by atoms with E-state index in [0.717, 1.165) is 62.8 Å². The summed E-state index contributed by atoms with van der Waals surface area (Å²) in [6.45, 7) is 9.80. The molecule has 9 nitrogen and oxygen atoms in total. The lowest BCUT2D eigenvalue weighted by atomic mass is 9.90. The molecule has 1 fully saturated rings. The summed E-state index contributed by atoms with van der Waals surface area (Å²) in [5.74, 6) is 0.383. The molecule has 6 aromatic rings. The summed E-state index contributed by atoms with van der Waals surface area (Å²) in [7, 11) is 0. The average Bonchev–Trinajstić information content (AvgIpc) is 3.70. The molecule has 7 rings (SSSR count). The van der Waals surface area contributed by atoms with Crippen molar-refractivity contribution in [2.24, 2.45) is 5.41 Å². The second-order valence-electron chi connectivity index (χ2n) is 13.4. The van der Waals surface area contributed by atoms with Gasteiger partial charge in [0, 0.05) is 42.1 Å². The number of oxazole rings is 1. The molecule has 246 valence electrons. The van der Waals surface area contributed by atoms with Crippen LogP contribution < -0.4 is 5.32 Å². The minimum absolute atomic E-state index is 0.410. The minimum atomic E-state index is -0.778. The largest absolute Gasteiger partial charge is 0.481 e. The van der Waals surface area contributed by atoms with E-state index in [1.165, 1.54) is 5.56 Å². The van der Waals surface area contributed by atoms with E-state index in [1.807, 2.05) is 48.8 Å². The molecule has 3 aromatic heterocycles. The topological polar surface area (TPSA) is 128 Å². The van der Waals surface area contributed by atoms with Crippen LogP contribution in [0.1, 0.15) is 54.5 Å². The summed E-state index contributed by atoms with van der Waals surface area (Å²) >= 11 is 0. The maximum Gasteiger partial charge on any atom is 0.310 e.